The number of carbonyl (C=O) groups is 1. The summed E-state index contributed by atoms with van der Waals surface area (Å²) in [6.07, 6.45) is 0.607. The Kier molecular flexibility index (Phi) is 6.07. The van der Waals surface area contributed by atoms with Crippen LogP contribution >= 0.6 is 27.5 Å². The van der Waals surface area contributed by atoms with Gasteiger partial charge in [0.25, 0.3) is 11.5 Å². The molecule has 0 atom stereocenters. The second-order valence-corrected chi connectivity index (χ2v) is 8.69. The van der Waals surface area contributed by atoms with E-state index < -0.39 is 0 Å². The van der Waals surface area contributed by atoms with Crippen molar-refractivity contribution in [2.24, 2.45) is 7.05 Å². The molecule has 0 radical (unpaired) electrons. The van der Waals surface area contributed by atoms with Crippen molar-refractivity contribution in [3.8, 4) is 5.75 Å². The molecule has 4 rings (SSSR count). The number of carbonyl (C=O) groups excluding carboxylic acids is 1. The van der Waals surface area contributed by atoms with Gasteiger partial charge < -0.3 is 15.0 Å². The van der Waals surface area contributed by atoms with Crippen molar-refractivity contribution < 1.29 is 9.53 Å². The number of methoxy groups -OCH3 is 1. The SMILES string of the molecule is COc1ccc(CN2CCc3cc(=O)n(C)c(Nc4ccc(Br)cc4Cl)c3C2=O)cc1. The number of nitrogens with zero attached hydrogens (tertiary/aromatic N) is 2. The van der Waals surface area contributed by atoms with E-state index in [9.17, 15) is 9.59 Å². The summed E-state index contributed by atoms with van der Waals surface area (Å²) in [4.78, 5) is 27.8. The van der Waals surface area contributed by atoms with Gasteiger partial charge >= 0.3 is 0 Å². The lowest BCUT2D eigenvalue weighted by Gasteiger charge is -2.31. The first-order valence-electron chi connectivity index (χ1n) is 9.74. The minimum Gasteiger partial charge on any atom is -0.497 e. The first-order valence-corrected chi connectivity index (χ1v) is 10.9. The number of pyridine rings is 1. The smallest absolute Gasteiger partial charge is 0.258 e. The van der Waals surface area contributed by atoms with Gasteiger partial charge in [-0.2, -0.15) is 0 Å². The van der Waals surface area contributed by atoms with Gasteiger partial charge in [0, 0.05) is 30.7 Å². The van der Waals surface area contributed by atoms with Gasteiger partial charge in [-0.1, -0.05) is 39.7 Å². The third kappa shape index (κ3) is 4.34. The highest BCUT2D eigenvalue weighted by atomic mass is 79.9. The van der Waals surface area contributed by atoms with Crippen molar-refractivity contribution in [3.05, 3.63) is 85.1 Å². The lowest BCUT2D eigenvalue weighted by atomic mass is 9.99. The molecule has 31 heavy (non-hydrogen) atoms. The summed E-state index contributed by atoms with van der Waals surface area (Å²) in [5.41, 5.74) is 2.70. The molecule has 2 aromatic carbocycles. The van der Waals surface area contributed by atoms with Gasteiger partial charge in [0.05, 0.1) is 23.4 Å². The van der Waals surface area contributed by atoms with E-state index in [0.29, 0.717) is 41.6 Å². The minimum atomic E-state index is -0.175. The minimum absolute atomic E-state index is 0.122. The number of aromatic nitrogens is 1. The molecule has 1 aliphatic rings. The first-order chi connectivity index (χ1) is 14.9. The Morgan fingerprint density at radius 2 is 1.87 bits per heavy atom. The largest absolute Gasteiger partial charge is 0.497 e. The van der Waals surface area contributed by atoms with Crippen LogP contribution in [-0.4, -0.2) is 29.0 Å². The molecule has 3 aromatic rings. The molecule has 6 nitrogen and oxygen atoms in total. The Balaban J connectivity index is 1.70. The lowest BCUT2D eigenvalue weighted by Crippen LogP contribution is -2.39. The Morgan fingerprint density at radius 3 is 2.55 bits per heavy atom. The van der Waals surface area contributed by atoms with E-state index in [1.807, 2.05) is 30.3 Å². The molecule has 1 amide bonds. The van der Waals surface area contributed by atoms with Gasteiger partial charge in [0.15, 0.2) is 0 Å². The summed E-state index contributed by atoms with van der Waals surface area (Å²) in [5.74, 6) is 1.09. The highest BCUT2D eigenvalue weighted by Gasteiger charge is 2.29. The topological polar surface area (TPSA) is 63.6 Å². The van der Waals surface area contributed by atoms with E-state index in [-0.39, 0.29) is 11.5 Å². The fraction of sp³-hybridized carbons (Fsp3) is 0.217. The van der Waals surface area contributed by atoms with Gasteiger partial charge in [-0.25, -0.2) is 0 Å². The van der Waals surface area contributed by atoms with Crippen LogP contribution in [-0.2, 0) is 20.0 Å². The Morgan fingerprint density at radius 1 is 1.13 bits per heavy atom. The molecular formula is C23H21BrClN3O3. The molecule has 1 N–H and O–H groups in total. The molecular weight excluding hydrogens is 482 g/mol. The molecule has 0 saturated carbocycles. The second-order valence-electron chi connectivity index (χ2n) is 7.36. The van der Waals surface area contributed by atoms with Crippen LogP contribution in [0.2, 0.25) is 5.02 Å². The number of amides is 1. The molecule has 8 heteroatoms. The maximum absolute atomic E-state index is 13.5. The molecule has 0 fully saturated rings. The number of rotatable bonds is 5. The Labute approximate surface area is 193 Å². The van der Waals surface area contributed by atoms with E-state index in [2.05, 4.69) is 21.2 Å². The highest BCUT2D eigenvalue weighted by molar-refractivity contribution is 9.10. The number of hydrogen-bond acceptors (Lipinski definition) is 4. The quantitative estimate of drug-likeness (QED) is 0.547. The maximum Gasteiger partial charge on any atom is 0.258 e. The predicted octanol–water partition coefficient (Wildman–Crippen LogP) is 4.75. The van der Waals surface area contributed by atoms with E-state index in [0.717, 1.165) is 21.3 Å². The Bertz CT molecular complexity index is 1210. The monoisotopic (exact) mass is 501 g/mol. The van der Waals surface area contributed by atoms with Crippen LogP contribution in [0.4, 0.5) is 11.5 Å². The summed E-state index contributed by atoms with van der Waals surface area (Å²) >= 11 is 9.76. The maximum atomic E-state index is 13.5. The second kappa shape index (κ2) is 8.77. The van der Waals surface area contributed by atoms with Crippen molar-refractivity contribution >= 4 is 44.9 Å². The molecule has 2 heterocycles. The molecule has 1 aromatic heterocycles. The van der Waals surface area contributed by atoms with E-state index in [1.54, 1.807) is 37.3 Å². The van der Waals surface area contributed by atoms with Crippen LogP contribution in [0.5, 0.6) is 5.75 Å². The first kappa shape index (κ1) is 21.5. The molecule has 0 spiro atoms. The summed E-state index contributed by atoms with van der Waals surface area (Å²) in [6, 6.07) is 14.6. The van der Waals surface area contributed by atoms with Gasteiger partial charge in [-0.3, -0.25) is 14.2 Å². The average Bonchev–Trinajstić information content (AvgIpc) is 2.75. The number of ether oxygens (including phenoxy) is 1. The third-order valence-corrected chi connectivity index (χ3v) is 6.20. The van der Waals surface area contributed by atoms with Gasteiger partial charge in [0.1, 0.15) is 11.6 Å². The van der Waals surface area contributed by atoms with E-state index in [1.165, 1.54) is 4.57 Å². The zero-order valence-electron chi connectivity index (χ0n) is 17.1. The normalized spacial score (nSPS) is 13.2. The van der Waals surface area contributed by atoms with Crippen molar-refractivity contribution in [2.75, 3.05) is 19.0 Å². The average molecular weight is 503 g/mol. The molecule has 1 aliphatic heterocycles. The number of anilines is 2. The molecule has 0 saturated heterocycles. The van der Waals surface area contributed by atoms with Gasteiger partial charge in [-0.15, -0.1) is 0 Å². The number of benzene rings is 2. The van der Waals surface area contributed by atoms with Crippen molar-refractivity contribution in [1.82, 2.24) is 9.47 Å². The van der Waals surface area contributed by atoms with E-state index >= 15 is 0 Å². The zero-order valence-corrected chi connectivity index (χ0v) is 19.5. The van der Waals surface area contributed by atoms with Crippen molar-refractivity contribution in [2.45, 2.75) is 13.0 Å². The number of halogens is 2. The highest BCUT2D eigenvalue weighted by Crippen LogP contribution is 2.32. The van der Waals surface area contributed by atoms with Crippen LogP contribution in [0.3, 0.4) is 0 Å². The lowest BCUT2D eigenvalue weighted by molar-refractivity contribution is 0.0727. The summed E-state index contributed by atoms with van der Waals surface area (Å²) in [5, 5.41) is 3.70. The number of nitrogens with one attached hydrogen (secondary N) is 1. The van der Waals surface area contributed by atoms with Crippen molar-refractivity contribution in [3.63, 3.8) is 0 Å². The third-order valence-electron chi connectivity index (χ3n) is 5.39. The van der Waals surface area contributed by atoms with Crippen LogP contribution < -0.4 is 15.6 Å². The fourth-order valence-electron chi connectivity index (χ4n) is 3.67. The van der Waals surface area contributed by atoms with Crippen molar-refractivity contribution in [1.29, 1.82) is 0 Å². The Hall–Kier alpha value is -2.77. The predicted molar refractivity (Wildman–Crippen MR) is 126 cm³/mol. The number of fused-ring (bicyclic) bond motifs is 1. The molecule has 160 valence electrons. The fourth-order valence-corrected chi connectivity index (χ4v) is 4.39. The molecule has 0 bridgehead atoms. The van der Waals surface area contributed by atoms with Crippen LogP contribution in [0, 0.1) is 0 Å². The molecule has 0 unspecified atom stereocenters. The van der Waals surface area contributed by atoms with Crippen LogP contribution in [0.1, 0.15) is 21.5 Å². The molecule has 0 aliphatic carbocycles. The van der Waals surface area contributed by atoms with Crippen LogP contribution in [0.25, 0.3) is 0 Å². The van der Waals surface area contributed by atoms with Gasteiger partial charge in [0.2, 0.25) is 0 Å². The summed E-state index contributed by atoms with van der Waals surface area (Å²) in [6.45, 7) is 1.02. The standard InChI is InChI=1S/C23H21BrClN3O3/c1-27-20(29)11-15-9-10-28(13-14-3-6-17(31-2)7-4-14)23(30)21(15)22(27)26-19-8-5-16(24)12-18(19)25/h3-8,11-12,26H,9-10,13H2,1-2H3. The number of hydrogen-bond donors (Lipinski definition) is 1. The zero-order chi connectivity index (χ0) is 22.1. The summed E-state index contributed by atoms with van der Waals surface area (Å²) < 4.78 is 7.50. The van der Waals surface area contributed by atoms with E-state index in [4.69, 9.17) is 16.3 Å². The summed E-state index contributed by atoms with van der Waals surface area (Å²) in [7, 11) is 3.27. The van der Waals surface area contributed by atoms with Crippen LogP contribution in [0.15, 0.2) is 57.8 Å². The van der Waals surface area contributed by atoms with Gasteiger partial charge in [-0.05, 0) is 47.9 Å².